The van der Waals surface area contributed by atoms with Crippen LogP contribution in [-0.2, 0) is 21.7 Å². The Kier molecular flexibility index (Phi) is 15.0. The summed E-state index contributed by atoms with van der Waals surface area (Å²) in [7, 11) is 0. The molecule has 0 radical (unpaired) electrons. The molecule has 248 valence electrons. The molecule has 0 saturated carbocycles. The summed E-state index contributed by atoms with van der Waals surface area (Å²) in [6.07, 6.45) is 6.96. The largest absolute Gasteiger partial charge is 4.00 e. The second-order valence-electron chi connectivity index (χ2n) is 18.4. The molecule has 0 aromatic heterocycles. The number of rotatable bonds is 3. The van der Waals surface area contributed by atoms with E-state index in [9.17, 15) is 0 Å². The Morgan fingerprint density at radius 3 is 0.705 bits per heavy atom. The van der Waals surface area contributed by atoms with Crippen LogP contribution < -0.4 is 71.9 Å². The first-order chi connectivity index (χ1) is 17.6. The minimum Gasteiger partial charge on any atom is -1.00 e. The summed E-state index contributed by atoms with van der Waals surface area (Å²) in [4.78, 5) is 0. The Hall–Kier alpha value is 0.924. The van der Waals surface area contributed by atoms with Crippen LogP contribution >= 0.6 is 0 Å². The summed E-state index contributed by atoms with van der Waals surface area (Å²) in [6, 6.07) is 0. The van der Waals surface area contributed by atoms with Gasteiger partial charge in [-0.3, -0.25) is 0 Å². The van der Waals surface area contributed by atoms with Crippen LogP contribution in [0.1, 0.15) is 125 Å². The van der Waals surface area contributed by atoms with Gasteiger partial charge < -0.3 is 71.9 Å². The van der Waals surface area contributed by atoms with Crippen molar-refractivity contribution in [1.29, 1.82) is 0 Å². The zero-order valence-corrected chi connectivity index (χ0v) is 38.6. The van der Waals surface area contributed by atoms with Crippen molar-refractivity contribution in [2.24, 2.45) is 63.2 Å². The Balaban J connectivity index is 0. The van der Waals surface area contributed by atoms with Crippen molar-refractivity contribution >= 4 is 0 Å². The van der Waals surface area contributed by atoms with Crippen LogP contribution in [0.15, 0.2) is 66.0 Å². The molecule has 0 spiro atoms. The van der Waals surface area contributed by atoms with Crippen molar-refractivity contribution in [3.63, 3.8) is 0 Å². The molecule has 0 N–H and O–H groups in total. The van der Waals surface area contributed by atoms with Crippen LogP contribution in [0.25, 0.3) is 0 Å². The fourth-order valence-corrected chi connectivity index (χ4v) is 5.73. The van der Waals surface area contributed by atoms with E-state index in [4.69, 9.17) is 30.7 Å². The second-order valence-corrected chi connectivity index (χ2v) is 18.4. The first-order valence-electron chi connectivity index (χ1n) is 14.9. The van der Waals surface area contributed by atoms with Gasteiger partial charge in [-0.05, 0) is 32.9 Å². The average Bonchev–Trinajstić information content (AvgIpc) is 3.44. The van der Waals surface area contributed by atoms with E-state index in [1.807, 2.05) is 0 Å². The standard InChI is InChI=1S/C34H57N6.3HI.Ti/c1-26(2,3)22-19-32(38-35-22,29(10,11)12)25(33(30(13,14)15)20-23(36-39-33)27(4,5)6)34(31(16,17)18)21-24(37-40-34)28(7,8)9;;;;/h19-21H,1-18H3;3*1H;/q-1;;;;+4/p-3. The predicted molar refractivity (Wildman–Crippen MR) is 167 cm³/mol. The van der Waals surface area contributed by atoms with Crippen LogP contribution in [0.2, 0.25) is 0 Å². The number of nitrogens with zero attached hydrogens (tertiary/aromatic N) is 6. The molecule has 44 heavy (non-hydrogen) atoms. The number of hydrogen-bond acceptors (Lipinski definition) is 6. The fourth-order valence-electron chi connectivity index (χ4n) is 5.73. The summed E-state index contributed by atoms with van der Waals surface area (Å²) in [5, 5.41) is 30.7. The van der Waals surface area contributed by atoms with Crippen molar-refractivity contribution in [2.75, 3.05) is 0 Å². The Bertz CT molecular complexity index is 1070. The van der Waals surface area contributed by atoms with E-state index in [0.29, 0.717) is 0 Å². The van der Waals surface area contributed by atoms with Gasteiger partial charge in [0.1, 0.15) is 0 Å². The van der Waals surface area contributed by atoms with Crippen LogP contribution in [0.4, 0.5) is 0 Å². The van der Waals surface area contributed by atoms with Gasteiger partial charge in [-0.2, -0.15) is 15.3 Å². The maximum Gasteiger partial charge on any atom is 4.00 e. The SMILES string of the molecule is CC(C)(C)C1=CC([C-](C2(C(C)(C)C)C=C(C(C)(C)C)N=N2)C2(C(C)(C)C)C=C(C(C)(C)C)N=N2)(C(C)(C)C)N=N1.[I-].[I-].[I-].[Ti+4]. The van der Waals surface area contributed by atoms with Gasteiger partial charge in [0, 0.05) is 16.2 Å². The first kappa shape index (κ1) is 47.0. The third-order valence-corrected chi connectivity index (χ3v) is 8.86. The molecule has 3 aliphatic heterocycles. The van der Waals surface area contributed by atoms with Crippen molar-refractivity contribution in [3.05, 3.63) is 41.2 Å². The summed E-state index contributed by atoms with van der Waals surface area (Å²) in [5.41, 5.74) is -1.05. The maximum atomic E-state index is 5.30. The molecule has 3 rings (SSSR count). The zero-order chi connectivity index (χ0) is 31.2. The molecule has 0 saturated heterocycles. The van der Waals surface area contributed by atoms with Crippen molar-refractivity contribution < 1.29 is 93.6 Å². The summed E-state index contributed by atoms with van der Waals surface area (Å²) < 4.78 is 0. The minimum atomic E-state index is -0.818. The summed E-state index contributed by atoms with van der Waals surface area (Å²) >= 11 is 0. The Morgan fingerprint density at radius 2 is 0.591 bits per heavy atom. The number of halogens is 3. The quantitative estimate of drug-likeness (QED) is 0.237. The van der Waals surface area contributed by atoms with E-state index in [-0.39, 0.29) is 126 Å². The molecule has 0 aromatic rings. The molecular weight excluding hydrogens is 921 g/mol. The van der Waals surface area contributed by atoms with E-state index in [1.54, 1.807) is 0 Å². The Morgan fingerprint density at radius 1 is 0.409 bits per heavy atom. The van der Waals surface area contributed by atoms with Gasteiger partial charge in [0.2, 0.25) is 0 Å². The smallest absolute Gasteiger partial charge is 1.00 e. The van der Waals surface area contributed by atoms with Gasteiger partial charge in [0.05, 0.1) is 17.1 Å². The van der Waals surface area contributed by atoms with Crippen LogP contribution in [-0.4, -0.2) is 16.6 Å². The second kappa shape index (κ2) is 14.0. The average molecular weight is 978 g/mol. The molecule has 3 aliphatic rings. The van der Waals surface area contributed by atoms with Gasteiger partial charge in [-0.1, -0.05) is 143 Å². The Labute approximate surface area is 335 Å². The summed E-state index contributed by atoms with van der Waals surface area (Å²) in [6.45, 7) is 40.2. The molecule has 10 heteroatoms. The van der Waals surface area contributed by atoms with Gasteiger partial charge in [0.15, 0.2) is 0 Å². The monoisotopic (exact) mass is 978 g/mol. The maximum absolute atomic E-state index is 5.30. The number of hydrogen-bond donors (Lipinski definition) is 0. The molecular formula is C34H57I3N6Ti. The van der Waals surface area contributed by atoms with E-state index in [1.165, 1.54) is 0 Å². The van der Waals surface area contributed by atoms with Crippen LogP contribution in [0.5, 0.6) is 0 Å². The van der Waals surface area contributed by atoms with Crippen LogP contribution in [0, 0.1) is 38.4 Å². The number of allylic oxidation sites excluding steroid dienone is 3. The normalized spacial score (nSPS) is 27.2. The molecule has 3 unspecified atom stereocenters. The van der Waals surface area contributed by atoms with Gasteiger partial charge in [-0.15, -0.1) is 0 Å². The molecule has 3 atom stereocenters. The van der Waals surface area contributed by atoms with Crippen LogP contribution in [0.3, 0.4) is 0 Å². The summed E-state index contributed by atoms with van der Waals surface area (Å²) in [5.74, 6) is 1.09. The molecule has 0 fully saturated rings. The molecule has 0 aliphatic carbocycles. The molecule has 0 bridgehead atoms. The van der Waals surface area contributed by atoms with E-state index < -0.39 is 16.6 Å². The van der Waals surface area contributed by atoms with Crippen molar-refractivity contribution in [1.82, 2.24) is 0 Å². The third kappa shape index (κ3) is 8.03. The van der Waals surface area contributed by atoms with E-state index in [2.05, 4.69) is 143 Å². The van der Waals surface area contributed by atoms with E-state index >= 15 is 0 Å². The molecule has 0 amide bonds. The molecule has 0 aromatic carbocycles. The molecule has 3 heterocycles. The minimum absolute atomic E-state index is 0. The van der Waals surface area contributed by atoms with Gasteiger partial charge >= 0.3 is 21.7 Å². The van der Waals surface area contributed by atoms with Crippen molar-refractivity contribution in [2.45, 2.75) is 141 Å². The zero-order valence-electron chi connectivity index (χ0n) is 30.5. The van der Waals surface area contributed by atoms with Crippen molar-refractivity contribution in [3.8, 4) is 0 Å². The van der Waals surface area contributed by atoms with Gasteiger partial charge in [-0.25, -0.2) is 21.3 Å². The topological polar surface area (TPSA) is 74.2 Å². The molecule has 6 nitrogen and oxygen atoms in total. The van der Waals surface area contributed by atoms with Gasteiger partial charge in [0.25, 0.3) is 0 Å². The first-order valence-corrected chi connectivity index (χ1v) is 14.9. The predicted octanol–water partition coefficient (Wildman–Crippen LogP) is 2.11. The third-order valence-electron chi connectivity index (χ3n) is 8.86. The van der Waals surface area contributed by atoms with E-state index in [0.717, 1.165) is 23.0 Å². The fraction of sp³-hybridized carbons (Fsp3) is 0.794. The number of azo groups is 3.